The second kappa shape index (κ2) is 7.89. The Bertz CT molecular complexity index is 1290. The SMILES string of the molecule is C#Cc1nc(C(=O)N2CCC(O)(c3ccc(-c4cccc5ncsc45)cc3)CC2)cs1. The van der Waals surface area contributed by atoms with Crippen molar-refractivity contribution >= 4 is 38.8 Å². The van der Waals surface area contributed by atoms with Gasteiger partial charge in [0, 0.05) is 24.0 Å². The molecule has 5 nitrogen and oxygen atoms in total. The molecule has 0 atom stereocenters. The van der Waals surface area contributed by atoms with Gasteiger partial charge >= 0.3 is 0 Å². The van der Waals surface area contributed by atoms with Gasteiger partial charge in [-0.25, -0.2) is 9.97 Å². The normalized spacial score (nSPS) is 15.7. The summed E-state index contributed by atoms with van der Waals surface area (Å²) in [7, 11) is 0. The fourth-order valence-corrected chi connectivity index (χ4v) is 5.46. The fourth-order valence-electron chi connectivity index (χ4n) is 4.04. The molecular formula is C24H19N3O2S2. The topological polar surface area (TPSA) is 66.3 Å². The van der Waals surface area contributed by atoms with E-state index in [1.54, 1.807) is 21.6 Å². The molecule has 0 saturated carbocycles. The van der Waals surface area contributed by atoms with Crippen LogP contribution in [0.2, 0.25) is 0 Å². The van der Waals surface area contributed by atoms with Crippen LogP contribution < -0.4 is 0 Å². The van der Waals surface area contributed by atoms with Gasteiger partial charge in [-0.3, -0.25) is 4.79 Å². The Labute approximate surface area is 188 Å². The van der Waals surface area contributed by atoms with E-state index in [2.05, 4.69) is 34.1 Å². The highest BCUT2D eigenvalue weighted by Crippen LogP contribution is 2.36. The molecule has 0 radical (unpaired) electrons. The van der Waals surface area contributed by atoms with E-state index in [1.807, 2.05) is 29.8 Å². The third-order valence-electron chi connectivity index (χ3n) is 5.81. The van der Waals surface area contributed by atoms with Gasteiger partial charge in [-0.2, -0.15) is 0 Å². The van der Waals surface area contributed by atoms with Crippen LogP contribution in [0.5, 0.6) is 0 Å². The van der Waals surface area contributed by atoms with Crippen molar-refractivity contribution in [3.05, 3.63) is 69.6 Å². The number of amides is 1. The molecule has 1 saturated heterocycles. The molecule has 1 amide bonds. The Kier molecular flexibility index (Phi) is 5.06. The summed E-state index contributed by atoms with van der Waals surface area (Å²) in [5.41, 5.74) is 5.41. The third kappa shape index (κ3) is 3.63. The number of hydrogen-bond donors (Lipinski definition) is 1. The van der Waals surface area contributed by atoms with E-state index in [1.165, 1.54) is 11.3 Å². The maximum absolute atomic E-state index is 12.7. The second-order valence-electron chi connectivity index (χ2n) is 7.59. The first-order valence-electron chi connectivity index (χ1n) is 9.94. The van der Waals surface area contributed by atoms with Gasteiger partial charge in [-0.05, 0) is 36.0 Å². The first kappa shape index (κ1) is 19.9. The van der Waals surface area contributed by atoms with E-state index < -0.39 is 5.60 Å². The molecule has 7 heteroatoms. The fraction of sp³-hybridized carbons (Fsp3) is 0.208. The minimum Gasteiger partial charge on any atom is -0.385 e. The molecule has 0 bridgehead atoms. The Morgan fingerprint density at radius 3 is 2.61 bits per heavy atom. The van der Waals surface area contributed by atoms with Crippen molar-refractivity contribution in [1.82, 2.24) is 14.9 Å². The summed E-state index contributed by atoms with van der Waals surface area (Å²) in [5, 5.41) is 13.5. The van der Waals surface area contributed by atoms with E-state index in [0.717, 1.165) is 26.9 Å². The number of piperidine rings is 1. The molecular weight excluding hydrogens is 426 g/mol. The average molecular weight is 446 g/mol. The van der Waals surface area contributed by atoms with Crippen molar-refractivity contribution in [3.63, 3.8) is 0 Å². The molecule has 31 heavy (non-hydrogen) atoms. The van der Waals surface area contributed by atoms with Crippen LogP contribution >= 0.6 is 22.7 Å². The maximum Gasteiger partial charge on any atom is 0.273 e. The monoisotopic (exact) mass is 445 g/mol. The summed E-state index contributed by atoms with van der Waals surface area (Å²) >= 11 is 2.92. The van der Waals surface area contributed by atoms with Gasteiger partial charge in [0.05, 0.1) is 21.3 Å². The van der Waals surface area contributed by atoms with Crippen LogP contribution in [0.4, 0.5) is 0 Å². The summed E-state index contributed by atoms with van der Waals surface area (Å²) < 4.78 is 1.16. The maximum atomic E-state index is 12.7. The van der Waals surface area contributed by atoms with Gasteiger partial charge < -0.3 is 10.0 Å². The summed E-state index contributed by atoms with van der Waals surface area (Å²) in [6.07, 6.45) is 6.31. The number of aromatic nitrogens is 2. The first-order chi connectivity index (χ1) is 15.1. The van der Waals surface area contributed by atoms with Gasteiger partial charge in [-0.15, -0.1) is 29.1 Å². The minimum absolute atomic E-state index is 0.132. The molecule has 2 aromatic carbocycles. The van der Waals surface area contributed by atoms with Gasteiger partial charge in [-0.1, -0.05) is 36.4 Å². The molecule has 0 spiro atoms. The number of carbonyl (C=O) groups excluding carboxylic acids is 1. The van der Waals surface area contributed by atoms with E-state index >= 15 is 0 Å². The molecule has 154 valence electrons. The molecule has 2 aromatic heterocycles. The Morgan fingerprint density at radius 1 is 1.13 bits per heavy atom. The number of likely N-dealkylation sites (tertiary alicyclic amines) is 1. The van der Waals surface area contributed by atoms with E-state index in [9.17, 15) is 9.90 Å². The number of carbonyl (C=O) groups is 1. The van der Waals surface area contributed by atoms with Crippen molar-refractivity contribution in [2.75, 3.05) is 13.1 Å². The Morgan fingerprint density at radius 2 is 1.90 bits per heavy atom. The van der Waals surface area contributed by atoms with Gasteiger partial charge in [0.25, 0.3) is 5.91 Å². The van der Waals surface area contributed by atoms with Crippen LogP contribution in [0.1, 0.15) is 33.9 Å². The number of hydrogen-bond acceptors (Lipinski definition) is 6. The van der Waals surface area contributed by atoms with Crippen LogP contribution in [0, 0.1) is 12.3 Å². The highest BCUT2D eigenvalue weighted by Gasteiger charge is 2.36. The predicted molar refractivity (Wildman–Crippen MR) is 124 cm³/mol. The zero-order valence-electron chi connectivity index (χ0n) is 16.6. The number of fused-ring (bicyclic) bond motifs is 1. The van der Waals surface area contributed by atoms with Gasteiger partial charge in [0.1, 0.15) is 5.69 Å². The quantitative estimate of drug-likeness (QED) is 0.471. The zero-order chi connectivity index (χ0) is 21.4. The van der Waals surface area contributed by atoms with Crippen molar-refractivity contribution in [3.8, 4) is 23.5 Å². The molecule has 3 heterocycles. The second-order valence-corrected chi connectivity index (χ2v) is 9.30. The average Bonchev–Trinajstić information content (AvgIpc) is 3.49. The summed E-state index contributed by atoms with van der Waals surface area (Å²) in [4.78, 5) is 23.0. The first-order valence-corrected chi connectivity index (χ1v) is 11.7. The smallest absolute Gasteiger partial charge is 0.273 e. The van der Waals surface area contributed by atoms with Gasteiger partial charge in [0.15, 0.2) is 5.01 Å². The minimum atomic E-state index is -0.947. The summed E-state index contributed by atoms with van der Waals surface area (Å²) in [6, 6.07) is 14.2. The molecule has 5 rings (SSSR count). The van der Waals surface area contributed by atoms with Crippen molar-refractivity contribution in [2.24, 2.45) is 0 Å². The number of nitrogens with zero attached hydrogens (tertiary/aromatic N) is 3. The highest BCUT2D eigenvalue weighted by atomic mass is 32.1. The summed E-state index contributed by atoms with van der Waals surface area (Å²) in [5.74, 6) is 2.33. The molecule has 4 aromatic rings. The largest absolute Gasteiger partial charge is 0.385 e. The third-order valence-corrected chi connectivity index (χ3v) is 7.46. The van der Waals surface area contributed by atoms with Crippen LogP contribution in [0.15, 0.2) is 53.4 Å². The molecule has 1 aliphatic rings. The highest BCUT2D eigenvalue weighted by molar-refractivity contribution is 7.17. The van der Waals surface area contributed by atoms with E-state index in [4.69, 9.17) is 6.42 Å². The molecule has 1 aliphatic heterocycles. The van der Waals surface area contributed by atoms with E-state index in [-0.39, 0.29) is 5.91 Å². The zero-order valence-corrected chi connectivity index (χ0v) is 18.2. The van der Waals surface area contributed by atoms with Crippen LogP contribution in [-0.4, -0.2) is 39.0 Å². The van der Waals surface area contributed by atoms with Crippen molar-refractivity contribution in [1.29, 1.82) is 0 Å². The number of aliphatic hydroxyl groups is 1. The lowest BCUT2D eigenvalue weighted by molar-refractivity contribution is -0.0212. The predicted octanol–water partition coefficient (Wildman–Crippen LogP) is 4.52. The number of benzene rings is 2. The number of terminal acetylenes is 1. The lowest BCUT2D eigenvalue weighted by atomic mass is 9.83. The van der Waals surface area contributed by atoms with E-state index in [0.29, 0.717) is 36.6 Å². The lowest BCUT2D eigenvalue weighted by Gasteiger charge is -2.38. The van der Waals surface area contributed by atoms with Crippen molar-refractivity contribution in [2.45, 2.75) is 18.4 Å². The molecule has 1 fully saturated rings. The van der Waals surface area contributed by atoms with Crippen LogP contribution in [0.3, 0.4) is 0 Å². The molecule has 1 N–H and O–H groups in total. The van der Waals surface area contributed by atoms with Gasteiger partial charge in [0.2, 0.25) is 0 Å². The van der Waals surface area contributed by atoms with Crippen molar-refractivity contribution < 1.29 is 9.90 Å². The molecule has 0 aliphatic carbocycles. The number of thiazole rings is 2. The summed E-state index contributed by atoms with van der Waals surface area (Å²) in [6.45, 7) is 0.945. The Hall–Kier alpha value is -3.05. The lowest BCUT2D eigenvalue weighted by Crippen LogP contribution is -2.45. The Balaban J connectivity index is 1.31. The standard InChI is InChI=1S/C24H19N3O2S2/c1-2-21-26-20(14-30-21)23(28)27-12-10-24(29,11-13-27)17-8-6-16(7-9-17)18-4-3-5-19-22(18)31-15-25-19/h1,3-9,14-15,29H,10-13H2. The number of rotatable bonds is 3. The molecule has 0 unspecified atom stereocenters. The van der Waals surface area contributed by atoms with Crippen LogP contribution in [-0.2, 0) is 5.60 Å². The van der Waals surface area contributed by atoms with Crippen LogP contribution in [0.25, 0.3) is 21.3 Å².